The molecular formula is C24H25ClN6O. The van der Waals surface area contributed by atoms with Gasteiger partial charge in [-0.3, -0.25) is 4.79 Å². The lowest BCUT2D eigenvalue weighted by atomic mass is 10.0. The first kappa shape index (κ1) is 20.6. The molecule has 1 aliphatic heterocycles. The van der Waals surface area contributed by atoms with Gasteiger partial charge in [0.15, 0.2) is 5.96 Å². The molecule has 0 atom stereocenters. The molecule has 3 aromatic rings. The van der Waals surface area contributed by atoms with Gasteiger partial charge in [0.05, 0.1) is 6.20 Å². The molecule has 1 aromatic heterocycles. The number of carbonyl (C=O) groups excluding carboxylic acids is 1. The lowest BCUT2D eigenvalue weighted by Gasteiger charge is -2.18. The molecule has 4 N–H and O–H groups in total. The Morgan fingerprint density at radius 1 is 1.16 bits per heavy atom. The molecule has 2 aliphatic rings. The van der Waals surface area contributed by atoms with E-state index >= 15 is 0 Å². The number of imidazole rings is 1. The molecule has 1 saturated heterocycles. The maximum atomic E-state index is 12.7. The summed E-state index contributed by atoms with van der Waals surface area (Å²) in [5.41, 5.74) is 5.84. The molecule has 5 rings (SSSR count). The Morgan fingerprint density at radius 2 is 1.97 bits per heavy atom. The number of nitrogens with one attached hydrogen (secondary N) is 4. The minimum Gasteiger partial charge on any atom is -0.356 e. The van der Waals surface area contributed by atoms with Gasteiger partial charge in [-0.15, -0.1) is 0 Å². The normalized spacial score (nSPS) is 15.6. The van der Waals surface area contributed by atoms with E-state index in [2.05, 4.69) is 37.8 Å². The van der Waals surface area contributed by atoms with Crippen LogP contribution in [0.25, 0.3) is 11.4 Å². The van der Waals surface area contributed by atoms with Crippen LogP contribution in [-0.4, -0.2) is 34.9 Å². The number of nitrogens with zero attached hydrogens (tertiary/aromatic N) is 2. The third-order valence-electron chi connectivity index (χ3n) is 5.87. The molecule has 0 spiro atoms. The zero-order valence-electron chi connectivity index (χ0n) is 17.8. The standard InChI is InChI=1S/C24H25ClN6O/c1-14-17(22-28-13-21(25)30-22)4-2-5-19(14)29-20-9-8-16(12-18(20)15-6-7-15)23(32)31-24-26-10-3-11-27-24/h2,4-5,8-9,12-13,15,29H,3,6-7,10-11H2,1H3,(H,28,30)(H2,26,27,31,32). The molecule has 32 heavy (non-hydrogen) atoms. The fourth-order valence-electron chi connectivity index (χ4n) is 3.96. The number of halogens is 1. The van der Waals surface area contributed by atoms with E-state index in [1.807, 2.05) is 36.4 Å². The molecule has 0 unspecified atom stereocenters. The largest absolute Gasteiger partial charge is 0.356 e. The maximum absolute atomic E-state index is 12.7. The smallest absolute Gasteiger partial charge is 0.280 e. The predicted molar refractivity (Wildman–Crippen MR) is 128 cm³/mol. The van der Waals surface area contributed by atoms with Crippen molar-refractivity contribution in [3.8, 4) is 11.4 Å². The van der Waals surface area contributed by atoms with Crippen molar-refractivity contribution in [2.24, 2.45) is 4.99 Å². The topological polar surface area (TPSA) is 94.2 Å². The van der Waals surface area contributed by atoms with E-state index < -0.39 is 0 Å². The number of hydrogen-bond acceptors (Lipinski definition) is 3. The molecule has 1 amide bonds. The van der Waals surface area contributed by atoms with Gasteiger partial charge in [0.1, 0.15) is 11.0 Å². The van der Waals surface area contributed by atoms with Gasteiger partial charge in [-0.2, -0.15) is 4.99 Å². The maximum Gasteiger partial charge on any atom is 0.280 e. The van der Waals surface area contributed by atoms with Crippen LogP contribution in [0.1, 0.15) is 46.7 Å². The fraction of sp³-hybridized carbons (Fsp3) is 0.292. The van der Waals surface area contributed by atoms with E-state index in [1.165, 1.54) is 0 Å². The molecule has 0 radical (unpaired) electrons. The summed E-state index contributed by atoms with van der Waals surface area (Å²) in [6.07, 6.45) is 4.90. The van der Waals surface area contributed by atoms with E-state index in [4.69, 9.17) is 11.6 Å². The van der Waals surface area contributed by atoms with Crippen molar-refractivity contribution >= 4 is 34.8 Å². The third-order valence-corrected chi connectivity index (χ3v) is 6.06. The lowest BCUT2D eigenvalue weighted by molar-refractivity contribution is 0.100. The van der Waals surface area contributed by atoms with Crippen LogP contribution in [0.3, 0.4) is 0 Å². The van der Waals surface area contributed by atoms with Crippen LogP contribution >= 0.6 is 11.6 Å². The first-order chi connectivity index (χ1) is 15.6. The molecule has 2 heterocycles. The number of benzene rings is 2. The number of anilines is 2. The minimum absolute atomic E-state index is 0.233. The summed E-state index contributed by atoms with van der Waals surface area (Å²) in [4.78, 5) is 24.4. The molecule has 7 nitrogen and oxygen atoms in total. The van der Waals surface area contributed by atoms with Crippen LogP contribution in [0.5, 0.6) is 0 Å². The van der Waals surface area contributed by atoms with Crippen LogP contribution in [-0.2, 0) is 0 Å². The number of aliphatic imine (C=N–C) groups is 1. The number of guanidine groups is 1. The molecule has 0 bridgehead atoms. The average Bonchev–Trinajstić information content (AvgIpc) is 3.56. The number of aromatic amines is 1. The monoisotopic (exact) mass is 448 g/mol. The first-order valence-corrected chi connectivity index (χ1v) is 11.3. The summed E-state index contributed by atoms with van der Waals surface area (Å²) in [7, 11) is 0. The molecule has 2 aromatic carbocycles. The Labute approximate surface area is 191 Å². The van der Waals surface area contributed by atoms with Crippen molar-refractivity contribution in [1.82, 2.24) is 20.6 Å². The zero-order chi connectivity index (χ0) is 22.1. The SMILES string of the molecule is Cc1c(Nc2ccc(C(=O)N=C3NCCCN3)cc2C2CC2)cccc1-c1ncc(Cl)[nH]1. The first-order valence-electron chi connectivity index (χ1n) is 10.9. The number of hydrogen-bond donors (Lipinski definition) is 4. The Balaban J connectivity index is 1.43. The van der Waals surface area contributed by atoms with Crippen molar-refractivity contribution in [2.75, 3.05) is 18.4 Å². The Morgan fingerprint density at radius 3 is 2.69 bits per heavy atom. The van der Waals surface area contributed by atoms with Crippen LogP contribution < -0.4 is 16.0 Å². The van der Waals surface area contributed by atoms with E-state index in [9.17, 15) is 4.79 Å². The highest BCUT2D eigenvalue weighted by Crippen LogP contribution is 2.45. The number of H-pyrrole nitrogens is 1. The highest BCUT2D eigenvalue weighted by molar-refractivity contribution is 6.29. The molecule has 164 valence electrons. The highest BCUT2D eigenvalue weighted by Gasteiger charge is 2.27. The van der Waals surface area contributed by atoms with Crippen molar-refractivity contribution in [1.29, 1.82) is 0 Å². The second-order valence-corrected chi connectivity index (χ2v) is 8.64. The summed E-state index contributed by atoms with van der Waals surface area (Å²) < 4.78 is 0. The molecule has 1 saturated carbocycles. The van der Waals surface area contributed by atoms with Crippen LogP contribution in [0.4, 0.5) is 11.4 Å². The van der Waals surface area contributed by atoms with Gasteiger partial charge in [-0.25, -0.2) is 4.98 Å². The van der Waals surface area contributed by atoms with E-state index in [1.54, 1.807) is 6.20 Å². The van der Waals surface area contributed by atoms with Gasteiger partial charge in [0.2, 0.25) is 0 Å². The van der Waals surface area contributed by atoms with Crippen molar-refractivity contribution in [3.63, 3.8) is 0 Å². The minimum atomic E-state index is -0.233. The Kier molecular flexibility index (Phi) is 5.57. The summed E-state index contributed by atoms with van der Waals surface area (Å²) in [6.45, 7) is 3.72. The fourth-order valence-corrected chi connectivity index (χ4v) is 4.10. The molecule has 1 aliphatic carbocycles. The van der Waals surface area contributed by atoms with Gasteiger partial charge in [0.25, 0.3) is 5.91 Å². The van der Waals surface area contributed by atoms with E-state index in [0.717, 1.165) is 66.2 Å². The Bertz CT molecular complexity index is 1190. The quantitative estimate of drug-likeness (QED) is 0.452. The number of aromatic nitrogens is 2. The lowest BCUT2D eigenvalue weighted by Crippen LogP contribution is -2.44. The summed E-state index contributed by atoms with van der Waals surface area (Å²) in [6, 6.07) is 11.9. The van der Waals surface area contributed by atoms with Gasteiger partial charge in [0, 0.05) is 35.6 Å². The van der Waals surface area contributed by atoms with Gasteiger partial charge in [-0.1, -0.05) is 23.7 Å². The van der Waals surface area contributed by atoms with Crippen molar-refractivity contribution < 1.29 is 4.79 Å². The van der Waals surface area contributed by atoms with Gasteiger partial charge >= 0.3 is 0 Å². The highest BCUT2D eigenvalue weighted by atomic mass is 35.5. The average molecular weight is 449 g/mol. The third kappa shape index (κ3) is 4.34. The van der Waals surface area contributed by atoms with E-state index in [-0.39, 0.29) is 5.91 Å². The molecular weight excluding hydrogens is 424 g/mol. The number of rotatable bonds is 5. The molecule has 8 heteroatoms. The summed E-state index contributed by atoms with van der Waals surface area (Å²) >= 11 is 6.02. The Hall–Kier alpha value is -3.32. The zero-order valence-corrected chi connectivity index (χ0v) is 18.6. The molecule has 2 fully saturated rings. The van der Waals surface area contributed by atoms with Crippen molar-refractivity contribution in [2.45, 2.75) is 32.1 Å². The second-order valence-electron chi connectivity index (χ2n) is 8.23. The van der Waals surface area contributed by atoms with Gasteiger partial charge < -0.3 is 20.9 Å². The second kappa shape index (κ2) is 8.67. The predicted octanol–water partition coefficient (Wildman–Crippen LogP) is 4.74. The number of amides is 1. The van der Waals surface area contributed by atoms with Crippen LogP contribution in [0.2, 0.25) is 5.15 Å². The summed E-state index contributed by atoms with van der Waals surface area (Å²) in [5.74, 6) is 1.53. The van der Waals surface area contributed by atoms with Gasteiger partial charge in [-0.05, 0) is 67.5 Å². The van der Waals surface area contributed by atoms with Crippen LogP contribution in [0, 0.1) is 6.92 Å². The van der Waals surface area contributed by atoms with Crippen LogP contribution in [0.15, 0.2) is 47.6 Å². The summed E-state index contributed by atoms with van der Waals surface area (Å²) in [5, 5.41) is 10.4. The van der Waals surface area contributed by atoms with E-state index in [0.29, 0.717) is 22.6 Å². The number of carbonyl (C=O) groups is 1. The van der Waals surface area contributed by atoms with Crippen molar-refractivity contribution in [3.05, 3.63) is 64.4 Å².